The number of hydrogen-bond donors (Lipinski definition) is 0. The smallest absolute Gasteiger partial charge is 0.206 e. The van der Waals surface area contributed by atoms with Gasteiger partial charge < -0.3 is 0 Å². The summed E-state index contributed by atoms with van der Waals surface area (Å²) in [4.78, 5) is 20.8. The van der Waals surface area contributed by atoms with Crippen molar-refractivity contribution in [1.82, 2.24) is 0 Å². The first-order chi connectivity index (χ1) is 6.72. The van der Waals surface area contributed by atoms with E-state index in [1.165, 1.54) is 12.1 Å². The molecule has 1 rings (SSSR count). The van der Waals surface area contributed by atoms with Gasteiger partial charge in [-0.2, -0.15) is 0 Å². The van der Waals surface area contributed by atoms with E-state index in [9.17, 15) is 14.0 Å². The third-order valence-electron chi connectivity index (χ3n) is 1.85. The zero-order valence-corrected chi connectivity index (χ0v) is 7.63. The summed E-state index contributed by atoms with van der Waals surface area (Å²) in [6.45, 7) is 0. The third-order valence-corrected chi connectivity index (χ3v) is 1.85. The average Bonchev–Trinajstić information content (AvgIpc) is 2.15. The first kappa shape index (κ1) is 10.6. The highest BCUT2D eigenvalue weighted by molar-refractivity contribution is 5.89. The van der Waals surface area contributed by atoms with E-state index in [0.29, 0.717) is 6.42 Å². The summed E-state index contributed by atoms with van der Waals surface area (Å²) in [5.74, 6) is -0.471. The predicted molar refractivity (Wildman–Crippen MR) is 50.0 cm³/mol. The van der Waals surface area contributed by atoms with Gasteiger partial charge in [-0.15, -0.1) is 0 Å². The zero-order chi connectivity index (χ0) is 10.4. The van der Waals surface area contributed by atoms with Crippen molar-refractivity contribution < 1.29 is 14.0 Å². The summed E-state index contributed by atoms with van der Waals surface area (Å²) in [6, 6.07) is 6.09. The second kappa shape index (κ2) is 5.27. The third kappa shape index (κ3) is 3.47. The molecular weight excluding hydrogens is 183 g/mol. The molecule has 0 saturated heterocycles. The summed E-state index contributed by atoms with van der Waals surface area (Å²) in [7, 11) is 0. The molecule has 0 N–H and O–H groups in total. The molecule has 2 nitrogen and oxygen atoms in total. The highest BCUT2D eigenvalue weighted by atomic mass is 19.1. The van der Waals surface area contributed by atoms with Gasteiger partial charge in [0.25, 0.3) is 0 Å². The van der Waals surface area contributed by atoms with Gasteiger partial charge in [0.1, 0.15) is 11.6 Å². The van der Waals surface area contributed by atoms with Gasteiger partial charge in [0.05, 0.1) is 6.42 Å². The topological polar surface area (TPSA) is 34.1 Å². The second-order valence-electron chi connectivity index (χ2n) is 2.99. The van der Waals surface area contributed by atoms with E-state index in [1.54, 1.807) is 18.4 Å². The van der Waals surface area contributed by atoms with Crippen molar-refractivity contribution >= 4 is 12.1 Å². The minimum Gasteiger partial charge on any atom is -0.299 e. The Morgan fingerprint density at radius 1 is 1.43 bits per heavy atom. The number of rotatable bonds is 5. The van der Waals surface area contributed by atoms with Crippen LogP contribution in [0.3, 0.4) is 0 Å². The van der Waals surface area contributed by atoms with Crippen LogP contribution in [-0.4, -0.2) is 12.1 Å². The lowest BCUT2D eigenvalue weighted by Crippen LogP contribution is -2.00. The molecule has 1 radical (unpaired) electrons. The Balaban J connectivity index is 2.45. The average molecular weight is 193 g/mol. The molecule has 0 atom stereocenters. The van der Waals surface area contributed by atoms with E-state index in [-0.39, 0.29) is 24.4 Å². The second-order valence-corrected chi connectivity index (χ2v) is 2.99. The lowest BCUT2D eigenvalue weighted by atomic mass is 10.1. The summed E-state index contributed by atoms with van der Waals surface area (Å²) in [6.07, 6.45) is 2.10. The number of benzene rings is 1. The van der Waals surface area contributed by atoms with E-state index < -0.39 is 0 Å². The van der Waals surface area contributed by atoms with Crippen molar-refractivity contribution in [2.75, 3.05) is 0 Å². The molecule has 0 fully saturated rings. The largest absolute Gasteiger partial charge is 0.299 e. The monoisotopic (exact) mass is 193 g/mol. The minimum absolute atomic E-state index is 0.163. The van der Waals surface area contributed by atoms with Gasteiger partial charge in [-0.05, 0) is 24.1 Å². The van der Waals surface area contributed by atoms with Crippen LogP contribution in [0, 0.1) is 5.82 Å². The number of ketones is 1. The van der Waals surface area contributed by atoms with E-state index in [2.05, 4.69) is 0 Å². The molecule has 0 aliphatic rings. The van der Waals surface area contributed by atoms with Crippen LogP contribution in [0.15, 0.2) is 24.3 Å². The molecule has 0 unspecified atom stereocenters. The molecule has 1 aromatic carbocycles. The normalized spacial score (nSPS) is 9.79. The van der Waals surface area contributed by atoms with Crippen LogP contribution in [0.5, 0.6) is 0 Å². The molecule has 0 aromatic heterocycles. The molecular formula is C11H10FO2. The van der Waals surface area contributed by atoms with Crippen LogP contribution in [0.2, 0.25) is 0 Å². The van der Waals surface area contributed by atoms with Crippen LogP contribution < -0.4 is 0 Å². The Morgan fingerprint density at radius 2 is 2.21 bits per heavy atom. The van der Waals surface area contributed by atoms with Crippen molar-refractivity contribution in [1.29, 1.82) is 0 Å². The molecule has 0 bridgehead atoms. The molecule has 14 heavy (non-hydrogen) atoms. The standard InChI is InChI=1S/C11H10FO2/c12-10-3-1-2-9(8-10)4-5-11(14)6-7-13/h1-3,8H,4-6H2. The summed E-state index contributed by atoms with van der Waals surface area (Å²) >= 11 is 0. The molecule has 0 spiro atoms. The molecule has 0 heterocycles. The molecule has 0 aliphatic carbocycles. The van der Waals surface area contributed by atoms with E-state index in [0.717, 1.165) is 5.56 Å². The highest BCUT2D eigenvalue weighted by Crippen LogP contribution is 2.06. The first-order valence-electron chi connectivity index (χ1n) is 4.33. The van der Waals surface area contributed by atoms with Crippen molar-refractivity contribution in [3.05, 3.63) is 35.6 Å². The fraction of sp³-hybridized carbons (Fsp3) is 0.273. The Labute approximate surface area is 81.7 Å². The lowest BCUT2D eigenvalue weighted by Gasteiger charge is -1.98. The maximum absolute atomic E-state index is 12.7. The molecule has 0 saturated carbocycles. The number of halogens is 1. The van der Waals surface area contributed by atoms with Gasteiger partial charge in [0.2, 0.25) is 6.29 Å². The van der Waals surface area contributed by atoms with Crippen LogP contribution in [0.4, 0.5) is 4.39 Å². The van der Waals surface area contributed by atoms with Crippen molar-refractivity contribution in [3.8, 4) is 0 Å². The maximum atomic E-state index is 12.7. The Morgan fingerprint density at radius 3 is 2.86 bits per heavy atom. The van der Waals surface area contributed by atoms with Gasteiger partial charge in [-0.3, -0.25) is 9.59 Å². The van der Waals surface area contributed by atoms with E-state index in [4.69, 9.17) is 0 Å². The Kier molecular flexibility index (Phi) is 3.98. The number of hydrogen-bond acceptors (Lipinski definition) is 2. The first-order valence-corrected chi connectivity index (χ1v) is 4.33. The predicted octanol–water partition coefficient (Wildman–Crippen LogP) is 1.83. The number of carbonyl (C=O) groups is 1. The van der Waals surface area contributed by atoms with Gasteiger partial charge in [-0.1, -0.05) is 12.1 Å². The summed E-state index contributed by atoms with van der Waals surface area (Å²) in [5.41, 5.74) is 0.768. The number of Topliss-reactive ketones (excluding diaryl/α,β-unsaturated/α-hetero) is 1. The number of aryl methyl sites for hydroxylation is 1. The van der Waals surface area contributed by atoms with Crippen LogP contribution in [0.25, 0.3) is 0 Å². The highest BCUT2D eigenvalue weighted by Gasteiger charge is 2.02. The molecule has 0 amide bonds. The molecule has 73 valence electrons. The van der Waals surface area contributed by atoms with Crippen LogP contribution in [-0.2, 0) is 16.0 Å². The fourth-order valence-electron chi connectivity index (χ4n) is 1.15. The fourth-order valence-corrected chi connectivity index (χ4v) is 1.15. The quantitative estimate of drug-likeness (QED) is 0.668. The SMILES string of the molecule is O=[C]CC(=O)CCc1cccc(F)c1. The van der Waals surface area contributed by atoms with Gasteiger partial charge in [0, 0.05) is 6.42 Å². The van der Waals surface area contributed by atoms with Crippen molar-refractivity contribution in [3.63, 3.8) is 0 Å². The van der Waals surface area contributed by atoms with E-state index >= 15 is 0 Å². The minimum atomic E-state index is -0.308. The number of carbonyl (C=O) groups excluding carboxylic acids is 2. The summed E-state index contributed by atoms with van der Waals surface area (Å²) in [5, 5.41) is 0. The lowest BCUT2D eigenvalue weighted by molar-refractivity contribution is -0.117. The summed E-state index contributed by atoms with van der Waals surface area (Å²) < 4.78 is 12.7. The molecule has 1 aromatic rings. The van der Waals surface area contributed by atoms with Gasteiger partial charge in [-0.25, -0.2) is 4.39 Å². The Hall–Kier alpha value is -1.51. The maximum Gasteiger partial charge on any atom is 0.206 e. The van der Waals surface area contributed by atoms with Gasteiger partial charge >= 0.3 is 0 Å². The Bertz CT molecular complexity index is 334. The zero-order valence-electron chi connectivity index (χ0n) is 7.63. The molecule has 0 aliphatic heterocycles. The van der Waals surface area contributed by atoms with Crippen LogP contribution in [0.1, 0.15) is 18.4 Å². The van der Waals surface area contributed by atoms with Crippen molar-refractivity contribution in [2.45, 2.75) is 19.3 Å². The van der Waals surface area contributed by atoms with Crippen LogP contribution >= 0.6 is 0 Å². The van der Waals surface area contributed by atoms with Gasteiger partial charge in [0.15, 0.2) is 0 Å². The van der Waals surface area contributed by atoms with E-state index in [1.807, 2.05) is 0 Å². The van der Waals surface area contributed by atoms with Crippen molar-refractivity contribution in [2.24, 2.45) is 0 Å². The molecule has 3 heteroatoms.